The minimum Gasteiger partial charge on any atom is -0.310 e. The summed E-state index contributed by atoms with van der Waals surface area (Å²) in [4.78, 5) is 2.56. The molecule has 0 aliphatic heterocycles. The Balaban J connectivity index is 1.49. The lowest BCUT2D eigenvalue weighted by atomic mass is 9.86. The van der Waals surface area contributed by atoms with Crippen molar-refractivity contribution >= 4 is 0 Å². The summed E-state index contributed by atoms with van der Waals surface area (Å²) in [6.45, 7) is 4.52. The van der Waals surface area contributed by atoms with E-state index in [1.807, 2.05) is 0 Å². The third kappa shape index (κ3) is 4.55. The van der Waals surface area contributed by atoms with Gasteiger partial charge < -0.3 is 5.32 Å². The summed E-state index contributed by atoms with van der Waals surface area (Å²) < 4.78 is 0. The minimum absolute atomic E-state index is 0.782. The van der Waals surface area contributed by atoms with Gasteiger partial charge in [-0.25, -0.2) is 0 Å². The van der Waals surface area contributed by atoms with Crippen LogP contribution in [0.1, 0.15) is 56.6 Å². The molecule has 1 N–H and O–H groups in total. The van der Waals surface area contributed by atoms with Crippen LogP contribution in [0.3, 0.4) is 0 Å². The summed E-state index contributed by atoms with van der Waals surface area (Å²) >= 11 is 0. The third-order valence-electron chi connectivity index (χ3n) is 5.16. The second-order valence-electron chi connectivity index (χ2n) is 7.31. The SMILES string of the molecule is CC1CCCC(N(C)Cc2ccc(CNC3CC3)cc2)C1. The van der Waals surface area contributed by atoms with E-state index in [1.54, 1.807) is 0 Å². The van der Waals surface area contributed by atoms with Crippen LogP contribution in [-0.2, 0) is 13.1 Å². The first kappa shape index (κ1) is 15.1. The van der Waals surface area contributed by atoms with Crippen molar-refractivity contribution in [3.63, 3.8) is 0 Å². The molecule has 2 aliphatic rings. The zero-order chi connectivity index (χ0) is 14.7. The van der Waals surface area contributed by atoms with Gasteiger partial charge >= 0.3 is 0 Å². The van der Waals surface area contributed by atoms with Gasteiger partial charge in [0, 0.05) is 25.2 Å². The molecule has 0 spiro atoms. The van der Waals surface area contributed by atoms with Crippen molar-refractivity contribution in [2.75, 3.05) is 7.05 Å². The van der Waals surface area contributed by atoms with E-state index in [0.29, 0.717) is 0 Å². The Labute approximate surface area is 129 Å². The second kappa shape index (κ2) is 6.93. The van der Waals surface area contributed by atoms with Gasteiger partial charge in [0.15, 0.2) is 0 Å². The molecule has 2 unspecified atom stereocenters. The lowest BCUT2D eigenvalue weighted by Gasteiger charge is -2.34. The van der Waals surface area contributed by atoms with Gasteiger partial charge in [0.25, 0.3) is 0 Å². The van der Waals surface area contributed by atoms with Crippen LogP contribution in [0, 0.1) is 5.92 Å². The number of hydrogen-bond acceptors (Lipinski definition) is 2. The fraction of sp³-hybridized carbons (Fsp3) is 0.684. The lowest BCUT2D eigenvalue weighted by molar-refractivity contribution is 0.157. The zero-order valence-electron chi connectivity index (χ0n) is 13.6. The first-order valence-electron chi connectivity index (χ1n) is 8.72. The Morgan fingerprint density at radius 1 is 1.05 bits per heavy atom. The van der Waals surface area contributed by atoms with Crippen molar-refractivity contribution in [2.24, 2.45) is 5.92 Å². The van der Waals surface area contributed by atoms with Gasteiger partial charge in [-0.3, -0.25) is 4.90 Å². The molecule has 21 heavy (non-hydrogen) atoms. The van der Waals surface area contributed by atoms with Crippen molar-refractivity contribution < 1.29 is 0 Å². The molecule has 0 aromatic heterocycles. The Kier molecular flexibility index (Phi) is 4.97. The van der Waals surface area contributed by atoms with E-state index in [1.165, 1.54) is 49.7 Å². The van der Waals surface area contributed by atoms with Crippen molar-refractivity contribution in [1.29, 1.82) is 0 Å². The summed E-state index contributed by atoms with van der Waals surface area (Å²) in [5.41, 5.74) is 2.87. The number of nitrogens with one attached hydrogen (secondary N) is 1. The van der Waals surface area contributed by atoms with E-state index in [0.717, 1.165) is 31.1 Å². The largest absolute Gasteiger partial charge is 0.310 e. The molecule has 2 fully saturated rings. The molecule has 1 aromatic carbocycles. The zero-order valence-corrected chi connectivity index (χ0v) is 13.6. The molecule has 0 heterocycles. The first-order valence-corrected chi connectivity index (χ1v) is 8.72. The lowest BCUT2D eigenvalue weighted by Crippen LogP contribution is -2.35. The van der Waals surface area contributed by atoms with Gasteiger partial charge in [-0.2, -0.15) is 0 Å². The van der Waals surface area contributed by atoms with Crippen LogP contribution in [0.5, 0.6) is 0 Å². The molecule has 2 saturated carbocycles. The van der Waals surface area contributed by atoms with E-state index in [-0.39, 0.29) is 0 Å². The van der Waals surface area contributed by atoms with E-state index >= 15 is 0 Å². The van der Waals surface area contributed by atoms with Crippen molar-refractivity contribution in [2.45, 2.75) is 70.6 Å². The van der Waals surface area contributed by atoms with Crippen LogP contribution in [0.2, 0.25) is 0 Å². The number of benzene rings is 1. The smallest absolute Gasteiger partial charge is 0.0233 e. The van der Waals surface area contributed by atoms with E-state index in [9.17, 15) is 0 Å². The van der Waals surface area contributed by atoms with Crippen molar-refractivity contribution in [1.82, 2.24) is 10.2 Å². The predicted molar refractivity (Wildman–Crippen MR) is 89.2 cm³/mol. The molecule has 2 atom stereocenters. The third-order valence-corrected chi connectivity index (χ3v) is 5.16. The maximum absolute atomic E-state index is 3.58. The molecule has 3 rings (SSSR count). The molecule has 0 amide bonds. The molecule has 2 heteroatoms. The van der Waals surface area contributed by atoms with Gasteiger partial charge in [0.05, 0.1) is 0 Å². The Hall–Kier alpha value is -0.860. The van der Waals surface area contributed by atoms with Crippen LogP contribution in [0.4, 0.5) is 0 Å². The van der Waals surface area contributed by atoms with Crippen LogP contribution in [-0.4, -0.2) is 24.0 Å². The average Bonchev–Trinajstić information content (AvgIpc) is 3.31. The standard InChI is InChI=1S/C19H30N2/c1-15-4-3-5-19(12-15)21(2)14-17-8-6-16(7-9-17)13-20-18-10-11-18/h6-9,15,18-20H,3-5,10-14H2,1-2H3. The maximum Gasteiger partial charge on any atom is 0.0233 e. The highest BCUT2D eigenvalue weighted by Crippen LogP contribution is 2.27. The number of rotatable bonds is 6. The quantitative estimate of drug-likeness (QED) is 0.852. The van der Waals surface area contributed by atoms with Gasteiger partial charge in [-0.1, -0.05) is 44.0 Å². The number of hydrogen-bond donors (Lipinski definition) is 1. The summed E-state index contributed by atoms with van der Waals surface area (Å²) in [6, 6.07) is 10.8. The van der Waals surface area contributed by atoms with Crippen LogP contribution < -0.4 is 5.32 Å². The van der Waals surface area contributed by atoms with Crippen molar-refractivity contribution in [3.8, 4) is 0 Å². The van der Waals surface area contributed by atoms with E-state index in [2.05, 4.69) is 48.5 Å². The molecule has 0 bridgehead atoms. The molecular formula is C19H30N2. The monoisotopic (exact) mass is 286 g/mol. The Morgan fingerprint density at radius 2 is 1.76 bits per heavy atom. The van der Waals surface area contributed by atoms with Crippen LogP contribution >= 0.6 is 0 Å². The summed E-state index contributed by atoms with van der Waals surface area (Å²) in [7, 11) is 2.30. The van der Waals surface area contributed by atoms with Crippen molar-refractivity contribution in [3.05, 3.63) is 35.4 Å². The van der Waals surface area contributed by atoms with Crippen LogP contribution in [0.15, 0.2) is 24.3 Å². The van der Waals surface area contributed by atoms with E-state index < -0.39 is 0 Å². The Morgan fingerprint density at radius 3 is 2.43 bits per heavy atom. The fourth-order valence-corrected chi connectivity index (χ4v) is 3.53. The first-order chi connectivity index (χ1) is 10.2. The van der Waals surface area contributed by atoms with Gasteiger partial charge in [-0.05, 0) is 49.8 Å². The summed E-state index contributed by atoms with van der Waals surface area (Å²) in [5.74, 6) is 0.905. The molecule has 116 valence electrons. The van der Waals surface area contributed by atoms with Gasteiger partial charge in [0.2, 0.25) is 0 Å². The summed E-state index contributed by atoms with van der Waals surface area (Å²) in [5, 5.41) is 3.58. The average molecular weight is 286 g/mol. The minimum atomic E-state index is 0.782. The molecule has 2 nitrogen and oxygen atoms in total. The highest BCUT2D eigenvalue weighted by molar-refractivity contribution is 5.22. The highest BCUT2D eigenvalue weighted by atomic mass is 15.1. The summed E-state index contributed by atoms with van der Waals surface area (Å²) in [6.07, 6.45) is 8.31. The molecule has 1 aromatic rings. The molecule has 2 aliphatic carbocycles. The van der Waals surface area contributed by atoms with Gasteiger partial charge in [0.1, 0.15) is 0 Å². The van der Waals surface area contributed by atoms with Crippen LogP contribution in [0.25, 0.3) is 0 Å². The van der Waals surface area contributed by atoms with E-state index in [4.69, 9.17) is 0 Å². The highest BCUT2D eigenvalue weighted by Gasteiger charge is 2.22. The Bertz CT molecular complexity index is 435. The predicted octanol–water partition coefficient (Wildman–Crippen LogP) is 3.95. The topological polar surface area (TPSA) is 15.3 Å². The number of nitrogens with zero attached hydrogens (tertiary/aromatic N) is 1. The normalized spacial score (nSPS) is 26.2. The van der Waals surface area contributed by atoms with Gasteiger partial charge in [-0.15, -0.1) is 0 Å². The maximum atomic E-state index is 3.58. The molecule has 0 saturated heterocycles. The fourth-order valence-electron chi connectivity index (χ4n) is 3.53. The molecule has 0 radical (unpaired) electrons. The molecular weight excluding hydrogens is 256 g/mol. The second-order valence-corrected chi connectivity index (χ2v) is 7.31.